The Balaban J connectivity index is 1.62. The maximum atomic E-state index is 14.2. The fraction of sp³-hybridized carbons (Fsp3) is 0.355. The number of hydrogen-bond acceptors (Lipinski definition) is 7. The first-order valence-electron chi connectivity index (χ1n) is 13.4. The van der Waals surface area contributed by atoms with Crippen LogP contribution < -0.4 is 29.0 Å². The van der Waals surface area contributed by atoms with Crippen molar-refractivity contribution in [2.24, 2.45) is 0 Å². The molecule has 0 bridgehead atoms. The Kier molecular flexibility index (Phi) is 7.73. The van der Waals surface area contributed by atoms with Gasteiger partial charge >= 0.3 is 0 Å². The van der Waals surface area contributed by atoms with E-state index in [1.807, 2.05) is 44.2 Å². The number of fused-ring (bicyclic) bond motifs is 4. The van der Waals surface area contributed by atoms with Gasteiger partial charge < -0.3 is 33.9 Å². The highest BCUT2D eigenvalue weighted by atomic mass is 16.5. The van der Waals surface area contributed by atoms with Gasteiger partial charge in [-0.05, 0) is 55.2 Å². The minimum absolute atomic E-state index is 0.0880. The second-order valence-electron chi connectivity index (χ2n) is 9.53. The predicted octanol–water partition coefficient (Wildman–Crippen LogP) is 4.99. The average Bonchev–Trinajstić information content (AvgIpc) is 2.97. The molecule has 2 amide bonds. The van der Waals surface area contributed by atoms with Crippen LogP contribution in [0.25, 0.3) is 0 Å². The molecular formula is C31H34N2O7. The van der Waals surface area contributed by atoms with Gasteiger partial charge in [0.2, 0.25) is 11.7 Å². The number of ether oxygens (including phenoxy) is 5. The summed E-state index contributed by atoms with van der Waals surface area (Å²) in [6, 6.07) is 14.1. The van der Waals surface area contributed by atoms with Crippen LogP contribution in [0.5, 0.6) is 28.7 Å². The predicted molar refractivity (Wildman–Crippen MR) is 150 cm³/mol. The average molecular weight is 547 g/mol. The summed E-state index contributed by atoms with van der Waals surface area (Å²) in [7, 11) is 4.57. The summed E-state index contributed by atoms with van der Waals surface area (Å²) in [5, 5.41) is 3.06. The van der Waals surface area contributed by atoms with Crippen molar-refractivity contribution in [2.75, 3.05) is 46.4 Å². The first kappa shape index (κ1) is 27.2. The van der Waals surface area contributed by atoms with Crippen molar-refractivity contribution in [1.82, 2.24) is 4.90 Å². The Morgan fingerprint density at radius 2 is 1.52 bits per heavy atom. The normalized spacial score (nSPS) is 17.2. The summed E-state index contributed by atoms with van der Waals surface area (Å²) in [5.74, 6) is 1.50. The Labute approximate surface area is 233 Å². The number of nitrogens with one attached hydrogen (secondary N) is 1. The number of methoxy groups -OCH3 is 3. The van der Waals surface area contributed by atoms with Crippen molar-refractivity contribution in [1.29, 1.82) is 0 Å². The molecule has 0 saturated carbocycles. The number of carbonyl (C=O) groups is 2. The van der Waals surface area contributed by atoms with E-state index in [4.69, 9.17) is 23.7 Å². The van der Waals surface area contributed by atoms with Crippen molar-refractivity contribution in [2.45, 2.75) is 32.2 Å². The van der Waals surface area contributed by atoms with Crippen LogP contribution in [-0.2, 0) is 11.2 Å². The minimum atomic E-state index is -0.681. The van der Waals surface area contributed by atoms with E-state index in [1.165, 1.54) is 21.3 Å². The Hall–Kier alpha value is -4.40. The van der Waals surface area contributed by atoms with Crippen molar-refractivity contribution in [3.05, 3.63) is 70.8 Å². The van der Waals surface area contributed by atoms with E-state index < -0.39 is 12.0 Å². The summed E-state index contributed by atoms with van der Waals surface area (Å²) < 4.78 is 28.2. The van der Waals surface area contributed by atoms with Gasteiger partial charge in [0.25, 0.3) is 5.91 Å². The molecule has 0 aromatic heterocycles. The zero-order valence-corrected chi connectivity index (χ0v) is 23.4. The molecule has 3 aromatic rings. The molecule has 0 saturated heterocycles. The van der Waals surface area contributed by atoms with Crippen molar-refractivity contribution >= 4 is 17.5 Å². The Morgan fingerprint density at radius 3 is 2.15 bits per heavy atom. The van der Waals surface area contributed by atoms with Crippen molar-refractivity contribution in [3.8, 4) is 28.7 Å². The third kappa shape index (κ3) is 4.65. The Bertz CT molecular complexity index is 1410. The quantitative estimate of drug-likeness (QED) is 0.404. The third-order valence-electron chi connectivity index (χ3n) is 7.40. The molecule has 0 spiro atoms. The highest BCUT2D eigenvalue weighted by molar-refractivity contribution is 6.04. The number of hydrogen-bond donors (Lipinski definition) is 1. The van der Waals surface area contributed by atoms with E-state index in [-0.39, 0.29) is 11.8 Å². The number of amides is 2. The molecule has 9 nitrogen and oxygen atoms in total. The van der Waals surface area contributed by atoms with Gasteiger partial charge in [-0.2, -0.15) is 0 Å². The van der Waals surface area contributed by atoms with E-state index in [2.05, 4.69) is 5.32 Å². The van der Waals surface area contributed by atoms with Gasteiger partial charge in [0.1, 0.15) is 0 Å². The van der Waals surface area contributed by atoms with Gasteiger partial charge in [0, 0.05) is 29.9 Å². The molecule has 210 valence electrons. The second kappa shape index (κ2) is 11.4. The Morgan fingerprint density at radius 1 is 0.875 bits per heavy atom. The molecule has 2 heterocycles. The third-order valence-corrected chi connectivity index (χ3v) is 7.40. The largest absolute Gasteiger partial charge is 0.493 e. The van der Waals surface area contributed by atoms with Crippen LogP contribution in [0.1, 0.15) is 52.9 Å². The molecule has 2 aliphatic rings. The van der Waals surface area contributed by atoms with Crippen LogP contribution in [0.3, 0.4) is 0 Å². The SMILES string of the molecule is CCOc1cc2c(cc1OCC)[C@H]1[C@@H](C(=O)Nc3cc(OC)c(OC)c(OC)c3)c3ccccc3C(=O)N1CC2. The van der Waals surface area contributed by atoms with Gasteiger partial charge in [-0.1, -0.05) is 18.2 Å². The molecule has 0 aliphatic carbocycles. The summed E-state index contributed by atoms with van der Waals surface area (Å²) >= 11 is 0. The van der Waals surface area contributed by atoms with Gasteiger partial charge in [-0.15, -0.1) is 0 Å². The number of anilines is 1. The molecule has 0 unspecified atom stereocenters. The summed E-state index contributed by atoms with van der Waals surface area (Å²) in [6.45, 7) is 5.28. The summed E-state index contributed by atoms with van der Waals surface area (Å²) in [6.07, 6.45) is 0.646. The van der Waals surface area contributed by atoms with Gasteiger partial charge in [-0.25, -0.2) is 0 Å². The zero-order valence-electron chi connectivity index (χ0n) is 23.4. The molecule has 9 heteroatoms. The lowest BCUT2D eigenvalue weighted by atomic mass is 9.75. The molecule has 2 atom stereocenters. The summed E-state index contributed by atoms with van der Waals surface area (Å²) in [4.78, 5) is 29.7. The molecule has 1 N–H and O–H groups in total. The smallest absolute Gasteiger partial charge is 0.254 e. The highest BCUT2D eigenvalue weighted by Gasteiger charge is 2.46. The minimum Gasteiger partial charge on any atom is -0.493 e. The zero-order chi connectivity index (χ0) is 28.4. The van der Waals surface area contributed by atoms with Gasteiger partial charge in [-0.3, -0.25) is 9.59 Å². The maximum absolute atomic E-state index is 14.2. The number of carbonyl (C=O) groups excluding carboxylic acids is 2. The lowest BCUT2D eigenvalue weighted by Crippen LogP contribution is -2.49. The first-order valence-corrected chi connectivity index (χ1v) is 13.4. The molecular weight excluding hydrogens is 512 g/mol. The lowest BCUT2D eigenvalue weighted by molar-refractivity contribution is -0.119. The standard InChI is InChI=1S/C31H34N2O7/c1-6-39-23-14-18-12-13-33-28(22(18)17-24(23)40-7-2)27(20-10-8-9-11-21(20)31(33)35)30(34)32-19-15-25(36-3)29(38-5)26(16-19)37-4/h8-11,14-17,27-28H,6-7,12-13H2,1-5H3,(H,32,34)/t27-,28-/m0/s1. The van der Waals surface area contributed by atoms with Gasteiger partial charge in [0.15, 0.2) is 23.0 Å². The topological polar surface area (TPSA) is 95.6 Å². The van der Waals surface area contributed by atoms with E-state index in [0.717, 1.165) is 11.1 Å². The fourth-order valence-electron chi connectivity index (χ4n) is 5.73. The van der Waals surface area contributed by atoms with Crippen LogP contribution in [-0.4, -0.2) is 57.8 Å². The van der Waals surface area contributed by atoms with Crippen LogP contribution in [0.15, 0.2) is 48.5 Å². The van der Waals surface area contributed by atoms with E-state index >= 15 is 0 Å². The van der Waals surface area contributed by atoms with E-state index in [1.54, 1.807) is 23.1 Å². The molecule has 2 aliphatic heterocycles. The highest BCUT2D eigenvalue weighted by Crippen LogP contribution is 2.49. The van der Waals surface area contributed by atoms with Crippen molar-refractivity contribution in [3.63, 3.8) is 0 Å². The molecule has 3 aromatic carbocycles. The summed E-state index contributed by atoms with van der Waals surface area (Å²) in [5.41, 5.74) is 3.61. The first-order chi connectivity index (χ1) is 19.4. The number of nitrogens with zero attached hydrogens (tertiary/aromatic N) is 1. The van der Waals surface area contributed by atoms with Crippen LogP contribution >= 0.6 is 0 Å². The van der Waals surface area contributed by atoms with E-state index in [9.17, 15) is 9.59 Å². The van der Waals surface area contributed by atoms with Crippen molar-refractivity contribution < 1.29 is 33.3 Å². The lowest BCUT2D eigenvalue weighted by Gasteiger charge is -2.45. The molecule has 5 rings (SSSR count). The number of benzene rings is 3. The second-order valence-corrected chi connectivity index (χ2v) is 9.53. The van der Waals surface area contributed by atoms with Crippen LogP contribution in [0.2, 0.25) is 0 Å². The molecule has 40 heavy (non-hydrogen) atoms. The monoisotopic (exact) mass is 546 g/mol. The fourth-order valence-corrected chi connectivity index (χ4v) is 5.73. The van der Waals surface area contributed by atoms with E-state index in [0.29, 0.717) is 71.7 Å². The van der Waals surface area contributed by atoms with Gasteiger partial charge in [0.05, 0.1) is 46.5 Å². The molecule has 0 fully saturated rings. The number of rotatable bonds is 9. The maximum Gasteiger partial charge on any atom is 0.254 e. The molecule has 0 radical (unpaired) electrons. The van der Waals surface area contributed by atoms with Crippen LogP contribution in [0, 0.1) is 0 Å². The van der Waals surface area contributed by atoms with Crippen LogP contribution in [0.4, 0.5) is 5.69 Å².